The first kappa shape index (κ1) is 21.0. The number of rotatable bonds is 6. The predicted octanol–water partition coefficient (Wildman–Crippen LogP) is 3.90. The van der Waals surface area contributed by atoms with E-state index in [9.17, 15) is 13.2 Å². The third-order valence-corrected chi connectivity index (χ3v) is 6.16. The summed E-state index contributed by atoms with van der Waals surface area (Å²) in [4.78, 5) is 17.7. The molecule has 1 aliphatic rings. The highest BCUT2D eigenvalue weighted by Crippen LogP contribution is 2.24. The van der Waals surface area contributed by atoms with Gasteiger partial charge in [0.05, 0.1) is 4.90 Å². The Hall–Kier alpha value is -2.67. The van der Waals surface area contributed by atoms with Crippen molar-refractivity contribution in [1.82, 2.24) is 4.72 Å². The molecule has 0 aromatic heterocycles. The summed E-state index contributed by atoms with van der Waals surface area (Å²) >= 11 is 0. The minimum Gasteiger partial charge on any atom is -0.324 e. The molecular formula is C22H27N3O3S. The number of anilines is 1. The Balaban J connectivity index is 1.90. The van der Waals surface area contributed by atoms with Gasteiger partial charge in [-0.25, -0.2) is 8.42 Å². The molecular weight excluding hydrogens is 386 g/mol. The van der Waals surface area contributed by atoms with E-state index in [2.05, 4.69) is 28.9 Å². The minimum absolute atomic E-state index is 0.187. The molecule has 29 heavy (non-hydrogen) atoms. The zero-order valence-electron chi connectivity index (χ0n) is 17.1. The van der Waals surface area contributed by atoms with Crippen LogP contribution in [0, 0.1) is 5.92 Å². The number of fused-ring (bicyclic) bond motifs is 1. The van der Waals surface area contributed by atoms with Crippen molar-refractivity contribution in [2.45, 2.75) is 51.0 Å². The summed E-state index contributed by atoms with van der Waals surface area (Å²) < 4.78 is 27.2. The van der Waals surface area contributed by atoms with E-state index in [1.165, 1.54) is 6.07 Å². The van der Waals surface area contributed by atoms with Crippen molar-refractivity contribution in [3.8, 4) is 0 Å². The van der Waals surface area contributed by atoms with E-state index in [4.69, 9.17) is 0 Å². The Labute approximate surface area is 172 Å². The van der Waals surface area contributed by atoms with Crippen LogP contribution >= 0.6 is 0 Å². The maximum Gasteiger partial charge on any atom is 0.263 e. The van der Waals surface area contributed by atoms with Crippen LogP contribution < -0.4 is 10.0 Å². The molecule has 0 fully saturated rings. The van der Waals surface area contributed by atoms with Crippen LogP contribution in [0.15, 0.2) is 58.4 Å². The number of hydrogen-bond acceptors (Lipinski definition) is 4. The Morgan fingerprint density at radius 1 is 1.07 bits per heavy atom. The van der Waals surface area contributed by atoms with Crippen LogP contribution in [0.3, 0.4) is 0 Å². The summed E-state index contributed by atoms with van der Waals surface area (Å²) in [5, 5.41) is 2.94. The molecule has 1 heterocycles. The number of amidine groups is 1. The van der Waals surface area contributed by atoms with Crippen LogP contribution in [0.4, 0.5) is 5.69 Å². The van der Waals surface area contributed by atoms with E-state index in [0.29, 0.717) is 23.6 Å². The fourth-order valence-corrected chi connectivity index (χ4v) is 4.49. The highest BCUT2D eigenvalue weighted by Gasteiger charge is 2.32. The summed E-state index contributed by atoms with van der Waals surface area (Å²) in [6, 6.07) is 13.7. The number of amides is 1. The van der Waals surface area contributed by atoms with Crippen molar-refractivity contribution < 1.29 is 13.2 Å². The van der Waals surface area contributed by atoms with Crippen molar-refractivity contribution in [1.29, 1.82) is 0 Å². The van der Waals surface area contributed by atoms with E-state index < -0.39 is 16.1 Å². The quantitative estimate of drug-likeness (QED) is 0.753. The Bertz CT molecular complexity index is 1040. The van der Waals surface area contributed by atoms with Gasteiger partial charge in [0.25, 0.3) is 10.0 Å². The molecule has 0 saturated carbocycles. The molecule has 2 aromatic rings. The van der Waals surface area contributed by atoms with Crippen LogP contribution in [-0.2, 0) is 14.8 Å². The molecule has 0 radical (unpaired) electrons. The normalized spacial score (nSPS) is 17.2. The van der Waals surface area contributed by atoms with Crippen LogP contribution in [0.2, 0.25) is 0 Å². The van der Waals surface area contributed by atoms with Gasteiger partial charge in [-0.05, 0) is 48.1 Å². The molecule has 1 amide bonds. The molecule has 1 unspecified atom stereocenters. The van der Waals surface area contributed by atoms with E-state index >= 15 is 0 Å². The Kier molecular flexibility index (Phi) is 6.07. The number of carbonyl (C=O) groups excluding carboxylic acids is 1. The fourth-order valence-electron chi connectivity index (χ4n) is 3.25. The average Bonchev–Trinajstić information content (AvgIpc) is 2.91. The van der Waals surface area contributed by atoms with Gasteiger partial charge >= 0.3 is 0 Å². The zero-order valence-corrected chi connectivity index (χ0v) is 18.0. The first-order valence-corrected chi connectivity index (χ1v) is 11.3. The standard InChI is InChI=1S/C22H27N3O3S/c1-14(2)12-19(22(26)23-17-9-7-8-16(13-17)15(3)4)24-21-18-10-5-6-11-20(18)29(27,28)25-21/h5-11,13-15,19H,12H2,1-4H3,(H,23,26)(H,24,25). The smallest absolute Gasteiger partial charge is 0.263 e. The van der Waals surface area contributed by atoms with Gasteiger partial charge in [0.2, 0.25) is 5.91 Å². The molecule has 1 aliphatic heterocycles. The van der Waals surface area contributed by atoms with Gasteiger partial charge in [-0.3, -0.25) is 14.5 Å². The van der Waals surface area contributed by atoms with Gasteiger partial charge in [0, 0.05) is 11.3 Å². The molecule has 154 valence electrons. The van der Waals surface area contributed by atoms with Crippen molar-refractivity contribution in [3.05, 3.63) is 59.7 Å². The molecule has 6 nitrogen and oxygen atoms in total. The third-order valence-electron chi connectivity index (χ3n) is 4.77. The van der Waals surface area contributed by atoms with Gasteiger partial charge in [-0.2, -0.15) is 0 Å². The lowest BCUT2D eigenvalue weighted by molar-refractivity contribution is -0.117. The van der Waals surface area contributed by atoms with Crippen molar-refractivity contribution in [2.24, 2.45) is 10.9 Å². The van der Waals surface area contributed by atoms with Crippen LogP contribution in [0.5, 0.6) is 0 Å². The molecule has 2 N–H and O–H groups in total. The summed E-state index contributed by atoms with van der Waals surface area (Å²) in [6.07, 6.45) is 0.503. The molecule has 0 aliphatic carbocycles. The first-order chi connectivity index (χ1) is 13.7. The zero-order chi connectivity index (χ0) is 21.2. The second kappa shape index (κ2) is 8.37. The Morgan fingerprint density at radius 3 is 2.48 bits per heavy atom. The van der Waals surface area contributed by atoms with Gasteiger partial charge in [-0.1, -0.05) is 52.0 Å². The number of sulfonamides is 1. The lowest BCUT2D eigenvalue weighted by atomic mass is 10.0. The number of hydrogen-bond donors (Lipinski definition) is 2. The van der Waals surface area contributed by atoms with Gasteiger partial charge in [0.15, 0.2) is 0 Å². The largest absolute Gasteiger partial charge is 0.324 e. The first-order valence-electron chi connectivity index (χ1n) is 9.78. The van der Waals surface area contributed by atoms with Gasteiger partial charge in [0.1, 0.15) is 11.9 Å². The highest BCUT2D eigenvalue weighted by molar-refractivity contribution is 7.90. The number of aliphatic imine (C=N–C) groups is 1. The van der Waals surface area contributed by atoms with E-state index in [1.807, 2.05) is 38.1 Å². The Morgan fingerprint density at radius 2 is 1.79 bits per heavy atom. The molecule has 0 saturated heterocycles. The molecule has 7 heteroatoms. The van der Waals surface area contributed by atoms with E-state index in [1.54, 1.807) is 18.2 Å². The molecule has 0 bridgehead atoms. The number of nitrogens with one attached hydrogen (secondary N) is 2. The van der Waals surface area contributed by atoms with E-state index in [-0.39, 0.29) is 22.6 Å². The highest BCUT2D eigenvalue weighted by atomic mass is 32.2. The van der Waals surface area contributed by atoms with Crippen molar-refractivity contribution in [2.75, 3.05) is 5.32 Å². The summed E-state index contributed by atoms with van der Waals surface area (Å²) in [7, 11) is -3.64. The van der Waals surface area contributed by atoms with Crippen molar-refractivity contribution >= 4 is 27.5 Å². The van der Waals surface area contributed by atoms with Crippen LogP contribution in [-0.4, -0.2) is 26.2 Å². The number of nitrogens with zero attached hydrogens (tertiary/aromatic N) is 1. The minimum atomic E-state index is -3.64. The SMILES string of the molecule is CC(C)CC(N=C1NS(=O)(=O)c2ccccc21)C(=O)Nc1cccc(C(C)C)c1. The molecule has 2 aromatic carbocycles. The predicted molar refractivity (Wildman–Crippen MR) is 116 cm³/mol. The molecule has 0 spiro atoms. The van der Waals surface area contributed by atoms with Crippen LogP contribution in [0.25, 0.3) is 0 Å². The van der Waals surface area contributed by atoms with Gasteiger partial charge < -0.3 is 5.32 Å². The molecule has 3 rings (SSSR count). The fraction of sp³-hybridized carbons (Fsp3) is 0.364. The third kappa shape index (κ3) is 4.85. The number of carbonyl (C=O) groups is 1. The summed E-state index contributed by atoms with van der Waals surface area (Å²) in [5.41, 5.74) is 2.34. The maximum atomic E-state index is 13.0. The lowest BCUT2D eigenvalue weighted by Gasteiger charge is -2.17. The summed E-state index contributed by atoms with van der Waals surface area (Å²) in [6.45, 7) is 8.20. The monoisotopic (exact) mass is 413 g/mol. The topological polar surface area (TPSA) is 87.6 Å². The molecule has 1 atom stereocenters. The lowest BCUT2D eigenvalue weighted by Crippen LogP contribution is -2.31. The summed E-state index contributed by atoms with van der Waals surface area (Å²) in [5.74, 6) is 0.529. The second-order valence-electron chi connectivity index (χ2n) is 7.99. The number of benzene rings is 2. The maximum absolute atomic E-state index is 13.0. The van der Waals surface area contributed by atoms with Gasteiger partial charge in [-0.15, -0.1) is 0 Å². The van der Waals surface area contributed by atoms with E-state index in [0.717, 1.165) is 5.56 Å². The second-order valence-corrected chi connectivity index (χ2v) is 9.64. The average molecular weight is 414 g/mol. The van der Waals surface area contributed by atoms with Crippen molar-refractivity contribution in [3.63, 3.8) is 0 Å². The van der Waals surface area contributed by atoms with Crippen LogP contribution in [0.1, 0.15) is 51.2 Å².